The molecule has 0 saturated carbocycles. The Morgan fingerprint density at radius 3 is 2.89 bits per heavy atom. The summed E-state index contributed by atoms with van der Waals surface area (Å²) in [5.74, 6) is 2.08. The van der Waals surface area contributed by atoms with E-state index in [0.717, 1.165) is 22.6 Å². The lowest BCUT2D eigenvalue weighted by molar-refractivity contribution is 0.242. The van der Waals surface area contributed by atoms with Gasteiger partial charge in [-0.2, -0.15) is 0 Å². The summed E-state index contributed by atoms with van der Waals surface area (Å²) in [7, 11) is 0. The van der Waals surface area contributed by atoms with Crippen molar-refractivity contribution in [2.75, 3.05) is 0 Å². The molecule has 0 unspecified atom stereocenters. The Bertz CT molecular complexity index is 560. The van der Waals surface area contributed by atoms with Crippen molar-refractivity contribution in [2.24, 2.45) is 0 Å². The predicted octanol–water partition coefficient (Wildman–Crippen LogP) is 3.75. The van der Waals surface area contributed by atoms with Crippen LogP contribution in [0, 0.1) is 0 Å². The topological polar surface area (TPSA) is 27.1 Å². The van der Waals surface area contributed by atoms with Crippen molar-refractivity contribution in [3.8, 4) is 5.75 Å². The minimum absolute atomic E-state index is 0.158. The molecular weight excluding hydrogens is 248 g/mol. The normalized spacial score (nSPS) is 11.1. The number of imidazole rings is 1. The van der Waals surface area contributed by atoms with Gasteiger partial charge in [0.1, 0.15) is 11.6 Å². The van der Waals surface area contributed by atoms with Gasteiger partial charge >= 0.3 is 0 Å². The van der Waals surface area contributed by atoms with E-state index in [-0.39, 0.29) is 6.10 Å². The first-order chi connectivity index (χ1) is 8.65. The van der Waals surface area contributed by atoms with E-state index in [1.807, 2.05) is 38.1 Å². The van der Waals surface area contributed by atoms with E-state index < -0.39 is 0 Å². The first kappa shape index (κ1) is 13.0. The van der Waals surface area contributed by atoms with E-state index in [1.165, 1.54) is 0 Å². The van der Waals surface area contributed by atoms with Gasteiger partial charge in [-0.25, -0.2) is 4.98 Å². The summed E-state index contributed by atoms with van der Waals surface area (Å²) < 4.78 is 7.73. The van der Waals surface area contributed by atoms with E-state index in [4.69, 9.17) is 16.3 Å². The molecule has 2 rings (SSSR count). The van der Waals surface area contributed by atoms with Crippen LogP contribution in [0.15, 0.2) is 30.9 Å². The van der Waals surface area contributed by atoms with E-state index in [1.54, 1.807) is 0 Å². The number of nitrogens with zero attached hydrogens (tertiary/aromatic N) is 2. The predicted molar refractivity (Wildman–Crippen MR) is 75.3 cm³/mol. The van der Waals surface area contributed by atoms with Gasteiger partial charge in [0.05, 0.1) is 23.0 Å². The van der Waals surface area contributed by atoms with Crippen molar-refractivity contribution in [1.29, 1.82) is 0 Å². The summed E-state index contributed by atoms with van der Waals surface area (Å²) in [4.78, 5) is 4.52. The maximum atomic E-state index is 5.91. The van der Waals surface area contributed by atoms with Crippen molar-refractivity contribution >= 4 is 22.6 Å². The van der Waals surface area contributed by atoms with Gasteiger partial charge in [-0.3, -0.25) is 0 Å². The number of halogens is 1. The third-order valence-electron chi connectivity index (χ3n) is 2.60. The largest absolute Gasteiger partial charge is 0.491 e. The molecule has 1 heterocycles. The molecule has 2 aromatic rings. The number of hydrogen-bond acceptors (Lipinski definition) is 2. The van der Waals surface area contributed by atoms with E-state index >= 15 is 0 Å². The minimum atomic E-state index is 0.158. The number of ether oxygens (including phenoxy) is 1. The number of hydrogen-bond donors (Lipinski definition) is 0. The number of allylic oxidation sites excluding steroid dienone is 1. The summed E-state index contributed by atoms with van der Waals surface area (Å²) in [5, 5.41) is 0. The van der Waals surface area contributed by atoms with Crippen LogP contribution in [0.25, 0.3) is 11.0 Å². The number of benzene rings is 1. The Morgan fingerprint density at radius 1 is 1.50 bits per heavy atom. The minimum Gasteiger partial charge on any atom is -0.491 e. The maximum absolute atomic E-state index is 5.91. The van der Waals surface area contributed by atoms with Crippen molar-refractivity contribution in [1.82, 2.24) is 9.55 Å². The summed E-state index contributed by atoms with van der Waals surface area (Å²) in [6, 6.07) is 5.92. The molecule has 0 saturated heterocycles. The fourth-order valence-corrected chi connectivity index (χ4v) is 2.14. The highest BCUT2D eigenvalue weighted by Gasteiger charge is 2.10. The van der Waals surface area contributed by atoms with Gasteiger partial charge in [0, 0.05) is 12.6 Å². The van der Waals surface area contributed by atoms with Gasteiger partial charge in [-0.05, 0) is 26.0 Å². The zero-order chi connectivity index (χ0) is 13.1. The second-order valence-corrected chi connectivity index (χ2v) is 4.65. The molecule has 96 valence electrons. The summed E-state index contributed by atoms with van der Waals surface area (Å²) in [6.45, 7) is 8.48. The summed E-state index contributed by atoms with van der Waals surface area (Å²) in [5.41, 5.74) is 1.97. The SMILES string of the molecule is C=CCn1c(CCl)nc2cc(OC(C)C)ccc21. The van der Waals surface area contributed by atoms with Crippen LogP contribution >= 0.6 is 11.6 Å². The highest BCUT2D eigenvalue weighted by atomic mass is 35.5. The molecule has 3 nitrogen and oxygen atoms in total. The molecule has 0 aliphatic carbocycles. The molecular formula is C14H17ClN2O. The zero-order valence-corrected chi connectivity index (χ0v) is 11.4. The Hall–Kier alpha value is -1.48. The van der Waals surface area contributed by atoms with Crippen LogP contribution < -0.4 is 4.74 Å². The van der Waals surface area contributed by atoms with Crippen LogP contribution in [0.3, 0.4) is 0 Å². The molecule has 0 bridgehead atoms. The molecule has 0 amide bonds. The first-order valence-corrected chi connectivity index (χ1v) is 6.52. The monoisotopic (exact) mass is 264 g/mol. The molecule has 0 radical (unpaired) electrons. The molecule has 1 aromatic heterocycles. The van der Waals surface area contributed by atoms with Crippen LogP contribution in [0.1, 0.15) is 19.7 Å². The molecule has 0 spiro atoms. The number of aromatic nitrogens is 2. The Balaban J connectivity index is 2.48. The molecule has 0 aliphatic rings. The van der Waals surface area contributed by atoms with Crippen molar-refractivity contribution in [3.63, 3.8) is 0 Å². The molecule has 0 aliphatic heterocycles. The molecule has 4 heteroatoms. The van der Waals surface area contributed by atoms with Crippen molar-refractivity contribution < 1.29 is 4.74 Å². The zero-order valence-electron chi connectivity index (χ0n) is 10.7. The Labute approximate surface area is 112 Å². The molecule has 0 N–H and O–H groups in total. The van der Waals surface area contributed by atoms with Gasteiger partial charge in [0.15, 0.2) is 0 Å². The van der Waals surface area contributed by atoms with Crippen LogP contribution in [0.2, 0.25) is 0 Å². The van der Waals surface area contributed by atoms with E-state index in [2.05, 4.69) is 16.1 Å². The number of rotatable bonds is 5. The second-order valence-electron chi connectivity index (χ2n) is 4.38. The van der Waals surface area contributed by atoms with Crippen LogP contribution in [0.4, 0.5) is 0 Å². The smallest absolute Gasteiger partial charge is 0.125 e. The quantitative estimate of drug-likeness (QED) is 0.607. The molecule has 0 atom stereocenters. The fraction of sp³-hybridized carbons (Fsp3) is 0.357. The molecule has 18 heavy (non-hydrogen) atoms. The number of alkyl halides is 1. The van der Waals surface area contributed by atoms with Gasteiger partial charge in [-0.1, -0.05) is 6.08 Å². The summed E-state index contributed by atoms with van der Waals surface area (Å²) in [6.07, 6.45) is 2.00. The van der Waals surface area contributed by atoms with Crippen LogP contribution in [-0.2, 0) is 12.4 Å². The average Bonchev–Trinajstić information content (AvgIpc) is 2.66. The lowest BCUT2D eigenvalue weighted by Gasteiger charge is -2.09. The van der Waals surface area contributed by atoms with E-state index in [0.29, 0.717) is 12.4 Å². The number of fused-ring (bicyclic) bond motifs is 1. The van der Waals surface area contributed by atoms with Gasteiger partial charge < -0.3 is 9.30 Å². The van der Waals surface area contributed by atoms with Gasteiger partial charge in [-0.15, -0.1) is 18.2 Å². The molecule has 0 fully saturated rings. The fourth-order valence-electron chi connectivity index (χ4n) is 1.94. The standard InChI is InChI=1S/C14H17ClN2O/c1-4-7-17-13-6-5-11(18-10(2)3)8-12(13)16-14(17)9-15/h4-6,8,10H,1,7,9H2,2-3H3. The first-order valence-electron chi connectivity index (χ1n) is 5.98. The lowest BCUT2D eigenvalue weighted by atomic mass is 10.3. The van der Waals surface area contributed by atoms with Gasteiger partial charge in [0.2, 0.25) is 0 Å². The Kier molecular flexibility index (Phi) is 3.92. The van der Waals surface area contributed by atoms with Gasteiger partial charge in [0.25, 0.3) is 0 Å². The van der Waals surface area contributed by atoms with Crippen LogP contribution in [0.5, 0.6) is 5.75 Å². The van der Waals surface area contributed by atoms with Crippen LogP contribution in [-0.4, -0.2) is 15.7 Å². The average molecular weight is 265 g/mol. The van der Waals surface area contributed by atoms with Crippen molar-refractivity contribution in [3.05, 3.63) is 36.7 Å². The second kappa shape index (κ2) is 5.44. The lowest BCUT2D eigenvalue weighted by Crippen LogP contribution is -2.05. The van der Waals surface area contributed by atoms with E-state index in [9.17, 15) is 0 Å². The Morgan fingerprint density at radius 2 is 2.28 bits per heavy atom. The molecule has 1 aromatic carbocycles. The summed E-state index contributed by atoms with van der Waals surface area (Å²) >= 11 is 5.91. The highest BCUT2D eigenvalue weighted by Crippen LogP contribution is 2.23. The highest BCUT2D eigenvalue weighted by molar-refractivity contribution is 6.16. The maximum Gasteiger partial charge on any atom is 0.125 e. The third kappa shape index (κ3) is 2.51. The third-order valence-corrected chi connectivity index (χ3v) is 2.84. The van der Waals surface area contributed by atoms with Crippen molar-refractivity contribution in [2.45, 2.75) is 32.4 Å².